The highest BCUT2D eigenvalue weighted by molar-refractivity contribution is 6.30. The minimum absolute atomic E-state index is 0.110. The molecule has 1 aliphatic rings. The maximum atomic E-state index is 12.5. The smallest absolute Gasteiger partial charge is 0.406 e. The van der Waals surface area contributed by atoms with Gasteiger partial charge in [-0.2, -0.15) is 0 Å². The van der Waals surface area contributed by atoms with E-state index in [-0.39, 0.29) is 23.1 Å². The fourth-order valence-electron chi connectivity index (χ4n) is 3.27. The first kappa shape index (κ1) is 21.1. The first-order chi connectivity index (χ1) is 14.7. The van der Waals surface area contributed by atoms with Gasteiger partial charge < -0.3 is 19.9 Å². The molecule has 0 saturated carbocycles. The molecule has 7 nitrogen and oxygen atoms in total. The predicted molar refractivity (Wildman–Crippen MR) is 107 cm³/mol. The third-order valence-electron chi connectivity index (χ3n) is 4.57. The number of alkyl halides is 3. The van der Waals surface area contributed by atoms with E-state index in [0.717, 1.165) is 30.3 Å². The van der Waals surface area contributed by atoms with Crippen molar-refractivity contribution in [1.82, 2.24) is 19.9 Å². The van der Waals surface area contributed by atoms with Crippen LogP contribution in [-0.4, -0.2) is 33.3 Å². The molecular formula is C20H17ClF3N5O2. The Morgan fingerprint density at radius 3 is 2.94 bits per heavy atom. The summed E-state index contributed by atoms with van der Waals surface area (Å²) >= 11 is 5.90. The Labute approximate surface area is 180 Å². The number of anilines is 1. The molecule has 1 aromatic carbocycles. The molecule has 0 spiro atoms. The van der Waals surface area contributed by atoms with Crippen LogP contribution in [0.5, 0.6) is 5.75 Å². The van der Waals surface area contributed by atoms with Crippen LogP contribution in [-0.2, 0) is 19.5 Å². The van der Waals surface area contributed by atoms with Gasteiger partial charge >= 0.3 is 6.36 Å². The Morgan fingerprint density at radius 1 is 1.29 bits per heavy atom. The number of nitrogens with one attached hydrogen (secondary N) is 2. The number of rotatable bonds is 5. The lowest BCUT2D eigenvalue weighted by atomic mass is 10.1. The molecular weight excluding hydrogens is 435 g/mol. The number of amides is 1. The predicted octanol–water partition coefficient (Wildman–Crippen LogP) is 3.78. The number of ether oxygens (including phenoxy) is 1. The van der Waals surface area contributed by atoms with E-state index >= 15 is 0 Å². The first-order valence-electron chi connectivity index (χ1n) is 9.33. The van der Waals surface area contributed by atoms with Gasteiger partial charge in [0.1, 0.15) is 11.4 Å². The highest BCUT2D eigenvalue weighted by Gasteiger charge is 2.31. The van der Waals surface area contributed by atoms with E-state index in [1.807, 2.05) is 6.07 Å². The molecule has 1 aliphatic heterocycles. The molecule has 2 aromatic heterocycles. The van der Waals surface area contributed by atoms with Crippen LogP contribution < -0.4 is 15.4 Å². The average Bonchev–Trinajstić information content (AvgIpc) is 3.12. The summed E-state index contributed by atoms with van der Waals surface area (Å²) in [6.45, 7) is 1.68. The minimum Gasteiger partial charge on any atom is -0.406 e. The highest BCUT2D eigenvalue weighted by atomic mass is 35.5. The number of halogens is 4. The fourth-order valence-corrected chi connectivity index (χ4v) is 3.52. The number of hydrogen-bond donors (Lipinski definition) is 2. The SMILES string of the molecule is O=C(Nc1cn(Cc2cc(Cl)cc(OC(F)(F)F)c2)cn1)c1ccc2c(n1)CNCC2. The maximum absolute atomic E-state index is 12.5. The molecule has 3 heterocycles. The second kappa shape index (κ2) is 8.56. The molecule has 2 N–H and O–H groups in total. The Morgan fingerprint density at radius 2 is 2.13 bits per heavy atom. The third kappa shape index (κ3) is 5.53. The summed E-state index contributed by atoms with van der Waals surface area (Å²) in [5.41, 5.74) is 2.73. The number of imidazole rings is 1. The van der Waals surface area contributed by atoms with E-state index in [4.69, 9.17) is 11.6 Å². The zero-order chi connectivity index (χ0) is 22.0. The van der Waals surface area contributed by atoms with Crippen LogP contribution in [0.3, 0.4) is 0 Å². The topological polar surface area (TPSA) is 81.1 Å². The van der Waals surface area contributed by atoms with E-state index in [9.17, 15) is 18.0 Å². The second-order valence-corrected chi connectivity index (χ2v) is 7.39. The standard InChI is InChI=1S/C20H17ClF3N5O2/c21-14-5-12(6-15(7-14)31-20(22,23)24)9-29-10-18(26-11-29)28-19(30)16-2-1-13-3-4-25-8-17(13)27-16/h1-2,5-7,10-11,25H,3-4,8-9H2,(H,28,30). The number of carbonyl (C=O) groups excluding carboxylic acids is 1. The molecule has 0 unspecified atom stereocenters. The molecule has 0 atom stereocenters. The van der Waals surface area contributed by atoms with E-state index in [1.165, 1.54) is 18.5 Å². The van der Waals surface area contributed by atoms with Gasteiger partial charge in [-0.25, -0.2) is 9.97 Å². The molecule has 0 saturated heterocycles. The van der Waals surface area contributed by atoms with Crippen LogP contribution >= 0.6 is 11.6 Å². The Kier molecular flexibility index (Phi) is 5.84. The number of pyridine rings is 1. The van der Waals surface area contributed by atoms with E-state index in [0.29, 0.717) is 12.1 Å². The first-order valence-corrected chi connectivity index (χ1v) is 9.71. The van der Waals surface area contributed by atoms with Gasteiger partial charge in [-0.15, -0.1) is 13.2 Å². The van der Waals surface area contributed by atoms with Gasteiger partial charge in [-0.05, 0) is 48.4 Å². The minimum atomic E-state index is -4.81. The van der Waals surface area contributed by atoms with Crippen molar-refractivity contribution in [3.8, 4) is 5.75 Å². The van der Waals surface area contributed by atoms with Gasteiger partial charge in [-0.3, -0.25) is 4.79 Å². The average molecular weight is 452 g/mol. The molecule has 0 bridgehead atoms. The van der Waals surface area contributed by atoms with Crippen molar-refractivity contribution in [2.75, 3.05) is 11.9 Å². The van der Waals surface area contributed by atoms with Crippen LogP contribution in [0.2, 0.25) is 5.02 Å². The lowest BCUT2D eigenvalue weighted by Crippen LogP contribution is -2.26. The molecule has 3 aromatic rings. The Bertz CT molecular complexity index is 1120. The number of benzene rings is 1. The van der Waals surface area contributed by atoms with Crippen LogP contribution in [0.15, 0.2) is 42.9 Å². The summed E-state index contributed by atoms with van der Waals surface area (Å²) < 4.78 is 42.9. The van der Waals surface area contributed by atoms with Crippen molar-refractivity contribution in [2.45, 2.75) is 25.9 Å². The van der Waals surface area contributed by atoms with E-state index < -0.39 is 18.0 Å². The summed E-state index contributed by atoms with van der Waals surface area (Å²) in [7, 11) is 0. The molecule has 0 aliphatic carbocycles. The summed E-state index contributed by atoms with van der Waals surface area (Å²) in [5, 5.41) is 5.99. The zero-order valence-electron chi connectivity index (χ0n) is 16.0. The van der Waals surface area contributed by atoms with Gasteiger partial charge in [0.2, 0.25) is 0 Å². The van der Waals surface area contributed by atoms with Crippen molar-refractivity contribution in [2.24, 2.45) is 0 Å². The van der Waals surface area contributed by atoms with Gasteiger partial charge in [0.25, 0.3) is 5.91 Å². The summed E-state index contributed by atoms with van der Waals surface area (Å²) in [6, 6.07) is 7.41. The Balaban J connectivity index is 1.43. The summed E-state index contributed by atoms with van der Waals surface area (Å²) in [5.74, 6) is -0.518. The highest BCUT2D eigenvalue weighted by Crippen LogP contribution is 2.27. The number of aromatic nitrogens is 3. The van der Waals surface area contributed by atoms with Gasteiger partial charge in [-0.1, -0.05) is 17.7 Å². The quantitative estimate of drug-likeness (QED) is 0.617. The number of fused-ring (bicyclic) bond motifs is 1. The normalized spacial score (nSPS) is 13.5. The monoisotopic (exact) mass is 451 g/mol. The third-order valence-corrected chi connectivity index (χ3v) is 4.79. The van der Waals surface area contributed by atoms with Crippen molar-refractivity contribution in [3.63, 3.8) is 0 Å². The van der Waals surface area contributed by atoms with Crippen LogP contribution in [0.1, 0.15) is 27.3 Å². The fraction of sp³-hybridized carbons (Fsp3) is 0.250. The molecule has 11 heteroatoms. The van der Waals surface area contributed by atoms with Crippen molar-refractivity contribution in [3.05, 3.63) is 70.4 Å². The van der Waals surface area contributed by atoms with Crippen LogP contribution in [0, 0.1) is 0 Å². The molecule has 0 fully saturated rings. The molecule has 162 valence electrons. The Hall–Kier alpha value is -3.11. The zero-order valence-corrected chi connectivity index (χ0v) is 16.8. The van der Waals surface area contributed by atoms with Gasteiger partial charge in [0.15, 0.2) is 5.82 Å². The number of carbonyl (C=O) groups is 1. The van der Waals surface area contributed by atoms with Crippen LogP contribution in [0.4, 0.5) is 19.0 Å². The van der Waals surface area contributed by atoms with E-state index in [2.05, 4.69) is 25.3 Å². The largest absolute Gasteiger partial charge is 0.573 e. The second-order valence-electron chi connectivity index (χ2n) is 6.96. The van der Waals surface area contributed by atoms with Gasteiger partial charge in [0, 0.05) is 24.3 Å². The number of hydrogen-bond acceptors (Lipinski definition) is 5. The summed E-state index contributed by atoms with van der Waals surface area (Å²) in [6.07, 6.45) is -0.933. The molecule has 31 heavy (non-hydrogen) atoms. The van der Waals surface area contributed by atoms with Crippen LogP contribution in [0.25, 0.3) is 0 Å². The van der Waals surface area contributed by atoms with Gasteiger partial charge in [0.05, 0.1) is 12.0 Å². The lowest BCUT2D eigenvalue weighted by molar-refractivity contribution is -0.274. The van der Waals surface area contributed by atoms with Crippen molar-refractivity contribution < 1.29 is 22.7 Å². The van der Waals surface area contributed by atoms with Crippen molar-refractivity contribution >= 4 is 23.3 Å². The lowest BCUT2D eigenvalue weighted by Gasteiger charge is -2.16. The molecule has 4 rings (SSSR count). The maximum Gasteiger partial charge on any atom is 0.573 e. The molecule has 1 amide bonds. The van der Waals surface area contributed by atoms with Crippen molar-refractivity contribution in [1.29, 1.82) is 0 Å². The molecule has 0 radical (unpaired) electrons. The summed E-state index contributed by atoms with van der Waals surface area (Å²) in [4.78, 5) is 21.0. The van der Waals surface area contributed by atoms with E-state index in [1.54, 1.807) is 16.8 Å². The number of nitrogens with zero attached hydrogens (tertiary/aromatic N) is 3.